The van der Waals surface area contributed by atoms with Crippen molar-refractivity contribution >= 4 is 11.8 Å². The first-order chi connectivity index (χ1) is 14.5. The van der Waals surface area contributed by atoms with Crippen LogP contribution in [0.2, 0.25) is 0 Å². The van der Waals surface area contributed by atoms with Gasteiger partial charge in [-0.3, -0.25) is 14.3 Å². The number of aromatic nitrogens is 2. The van der Waals surface area contributed by atoms with E-state index < -0.39 is 5.54 Å². The number of nitrogens with zero attached hydrogens (tertiary/aromatic N) is 3. The summed E-state index contributed by atoms with van der Waals surface area (Å²) in [5.41, 5.74) is 2.23. The summed E-state index contributed by atoms with van der Waals surface area (Å²) in [6, 6.07) is 21.4. The molecule has 6 heteroatoms. The summed E-state index contributed by atoms with van der Waals surface area (Å²) in [7, 11) is 0. The van der Waals surface area contributed by atoms with Crippen molar-refractivity contribution in [2.75, 3.05) is 6.54 Å². The molecule has 6 nitrogen and oxygen atoms in total. The molecule has 0 radical (unpaired) electrons. The Balaban J connectivity index is 1.63. The molecule has 2 amide bonds. The third-order valence-corrected chi connectivity index (χ3v) is 5.60. The molecule has 1 aliphatic rings. The predicted octanol–water partition coefficient (Wildman–Crippen LogP) is 3.49. The topological polar surface area (TPSA) is 67.2 Å². The van der Waals surface area contributed by atoms with Crippen molar-refractivity contribution in [1.82, 2.24) is 20.0 Å². The van der Waals surface area contributed by atoms with Gasteiger partial charge in [-0.1, -0.05) is 67.6 Å². The van der Waals surface area contributed by atoms with Crippen LogP contribution in [0.1, 0.15) is 36.3 Å². The second-order valence-electron chi connectivity index (χ2n) is 7.84. The zero-order valence-corrected chi connectivity index (χ0v) is 17.3. The van der Waals surface area contributed by atoms with E-state index in [1.807, 2.05) is 80.6 Å². The summed E-state index contributed by atoms with van der Waals surface area (Å²) in [5.74, 6) is -0.328. The maximum Gasteiger partial charge on any atom is 0.273 e. The molecule has 4 rings (SSSR count). The Morgan fingerprint density at radius 3 is 2.43 bits per heavy atom. The molecule has 1 atom stereocenters. The molecule has 0 fully saturated rings. The SMILES string of the molecule is CCCN1C(=O)c2cc(-c3ccccc3)nn2CC1(C)C(=O)NCc1ccccc1. The maximum atomic E-state index is 13.3. The molecule has 0 aliphatic carbocycles. The molecular formula is C24H26N4O2. The van der Waals surface area contributed by atoms with Crippen molar-refractivity contribution in [1.29, 1.82) is 0 Å². The number of nitrogens with one attached hydrogen (secondary N) is 1. The lowest BCUT2D eigenvalue weighted by molar-refractivity contribution is -0.133. The Hall–Kier alpha value is -3.41. The molecule has 1 unspecified atom stereocenters. The lowest BCUT2D eigenvalue weighted by atomic mass is 9.94. The molecule has 0 bridgehead atoms. The zero-order valence-electron chi connectivity index (χ0n) is 17.3. The van der Waals surface area contributed by atoms with Gasteiger partial charge in [0.05, 0.1) is 12.2 Å². The van der Waals surface area contributed by atoms with E-state index in [1.54, 1.807) is 9.58 Å². The molecule has 2 heterocycles. The van der Waals surface area contributed by atoms with Crippen LogP contribution in [0.15, 0.2) is 66.7 Å². The predicted molar refractivity (Wildman–Crippen MR) is 116 cm³/mol. The van der Waals surface area contributed by atoms with Gasteiger partial charge in [0.15, 0.2) is 0 Å². The van der Waals surface area contributed by atoms with E-state index in [2.05, 4.69) is 10.4 Å². The number of carbonyl (C=O) groups is 2. The normalized spacial score (nSPS) is 18.2. The molecule has 0 spiro atoms. The van der Waals surface area contributed by atoms with Crippen LogP contribution < -0.4 is 5.32 Å². The largest absolute Gasteiger partial charge is 0.350 e. The summed E-state index contributed by atoms with van der Waals surface area (Å²) in [6.07, 6.45) is 0.771. The quantitative estimate of drug-likeness (QED) is 0.686. The summed E-state index contributed by atoms with van der Waals surface area (Å²) in [4.78, 5) is 28.3. The average Bonchev–Trinajstić information content (AvgIpc) is 3.20. The van der Waals surface area contributed by atoms with Gasteiger partial charge in [0.2, 0.25) is 5.91 Å². The van der Waals surface area contributed by atoms with Crippen LogP contribution in [0.3, 0.4) is 0 Å². The van der Waals surface area contributed by atoms with Crippen LogP contribution in [0.4, 0.5) is 0 Å². The van der Waals surface area contributed by atoms with E-state index >= 15 is 0 Å². The average molecular weight is 402 g/mol. The van der Waals surface area contributed by atoms with Crippen molar-refractivity contribution in [2.24, 2.45) is 0 Å². The Labute approximate surface area is 176 Å². The Bertz CT molecular complexity index is 1050. The van der Waals surface area contributed by atoms with E-state index in [-0.39, 0.29) is 11.8 Å². The molecule has 3 aromatic rings. The number of fused-ring (bicyclic) bond motifs is 1. The van der Waals surface area contributed by atoms with Crippen LogP contribution in [-0.2, 0) is 17.9 Å². The molecular weight excluding hydrogens is 376 g/mol. The summed E-state index contributed by atoms with van der Waals surface area (Å²) in [6.45, 7) is 5.09. The zero-order chi connectivity index (χ0) is 21.1. The van der Waals surface area contributed by atoms with Gasteiger partial charge in [0.1, 0.15) is 11.2 Å². The van der Waals surface area contributed by atoms with E-state index in [0.29, 0.717) is 25.3 Å². The minimum Gasteiger partial charge on any atom is -0.350 e. The van der Waals surface area contributed by atoms with Crippen molar-refractivity contribution in [3.05, 3.63) is 78.0 Å². The van der Waals surface area contributed by atoms with Gasteiger partial charge in [-0.2, -0.15) is 5.10 Å². The molecule has 1 N–H and O–H groups in total. The van der Waals surface area contributed by atoms with Crippen molar-refractivity contribution < 1.29 is 9.59 Å². The van der Waals surface area contributed by atoms with Gasteiger partial charge in [-0.25, -0.2) is 0 Å². The molecule has 2 aromatic carbocycles. The summed E-state index contributed by atoms with van der Waals surface area (Å²) < 4.78 is 1.68. The van der Waals surface area contributed by atoms with E-state index in [1.165, 1.54) is 0 Å². The molecule has 0 saturated carbocycles. The number of amides is 2. The van der Waals surface area contributed by atoms with E-state index in [0.717, 1.165) is 23.2 Å². The lowest BCUT2D eigenvalue weighted by Crippen LogP contribution is -2.64. The van der Waals surface area contributed by atoms with Gasteiger partial charge >= 0.3 is 0 Å². The summed E-state index contributed by atoms with van der Waals surface area (Å²) >= 11 is 0. The van der Waals surface area contributed by atoms with Crippen molar-refractivity contribution in [2.45, 2.75) is 38.9 Å². The fourth-order valence-corrected chi connectivity index (χ4v) is 3.93. The number of hydrogen-bond acceptors (Lipinski definition) is 3. The minimum atomic E-state index is -1.01. The highest BCUT2D eigenvalue weighted by molar-refractivity contribution is 6.00. The lowest BCUT2D eigenvalue weighted by Gasteiger charge is -2.43. The number of benzene rings is 2. The number of rotatable bonds is 6. The van der Waals surface area contributed by atoms with Gasteiger partial charge in [-0.15, -0.1) is 0 Å². The van der Waals surface area contributed by atoms with Gasteiger partial charge in [0.25, 0.3) is 5.91 Å². The molecule has 1 aromatic heterocycles. The number of carbonyl (C=O) groups excluding carboxylic acids is 2. The first kappa shape index (κ1) is 19.9. The van der Waals surface area contributed by atoms with Crippen LogP contribution >= 0.6 is 0 Å². The van der Waals surface area contributed by atoms with Gasteiger partial charge in [-0.05, 0) is 25.0 Å². The minimum absolute atomic E-state index is 0.157. The Morgan fingerprint density at radius 1 is 1.10 bits per heavy atom. The molecule has 0 saturated heterocycles. The first-order valence-corrected chi connectivity index (χ1v) is 10.3. The highest BCUT2D eigenvalue weighted by Crippen LogP contribution is 2.30. The smallest absolute Gasteiger partial charge is 0.273 e. The third-order valence-electron chi connectivity index (χ3n) is 5.60. The van der Waals surface area contributed by atoms with Gasteiger partial charge < -0.3 is 10.2 Å². The Morgan fingerprint density at radius 2 is 1.77 bits per heavy atom. The van der Waals surface area contributed by atoms with E-state index in [4.69, 9.17) is 0 Å². The molecule has 154 valence electrons. The maximum absolute atomic E-state index is 13.3. The van der Waals surface area contributed by atoms with Crippen molar-refractivity contribution in [3.8, 4) is 11.3 Å². The van der Waals surface area contributed by atoms with Crippen molar-refractivity contribution in [3.63, 3.8) is 0 Å². The van der Waals surface area contributed by atoms with Crippen LogP contribution in [0.5, 0.6) is 0 Å². The Kier molecular flexibility index (Phi) is 5.40. The second-order valence-corrected chi connectivity index (χ2v) is 7.84. The number of hydrogen-bond donors (Lipinski definition) is 1. The highest BCUT2D eigenvalue weighted by Gasteiger charge is 2.47. The fraction of sp³-hybridized carbons (Fsp3) is 0.292. The summed E-state index contributed by atoms with van der Waals surface area (Å²) in [5, 5.41) is 7.66. The molecule has 30 heavy (non-hydrogen) atoms. The highest BCUT2D eigenvalue weighted by atomic mass is 16.2. The molecule has 1 aliphatic heterocycles. The standard InChI is InChI=1S/C24H26N4O2/c1-3-14-27-22(29)21-15-20(19-12-8-5-9-13-19)26-28(21)17-24(27,2)23(30)25-16-18-10-6-4-7-11-18/h4-13,15H,3,14,16-17H2,1-2H3,(H,25,30). The monoisotopic (exact) mass is 402 g/mol. The van der Waals surface area contributed by atoms with Crippen LogP contribution in [0, 0.1) is 0 Å². The van der Waals surface area contributed by atoms with Crippen LogP contribution in [0.25, 0.3) is 11.3 Å². The second kappa shape index (κ2) is 8.14. The van der Waals surface area contributed by atoms with Crippen LogP contribution in [-0.4, -0.2) is 38.6 Å². The first-order valence-electron chi connectivity index (χ1n) is 10.3. The van der Waals surface area contributed by atoms with E-state index in [9.17, 15) is 9.59 Å². The third kappa shape index (κ3) is 3.61. The van der Waals surface area contributed by atoms with Gasteiger partial charge in [0, 0.05) is 18.7 Å². The fourth-order valence-electron chi connectivity index (χ4n) is 3.93.